The maximum atomic E-state index is 13.4. The first-order valence-electron chi connectivity index (χ1n) is 10.2. The molecule has 2 atom stereocenters. The summed E-state index contributed by atoms with van der Waals surface area (Å²) in [6.45, 7) is 7.09. The van der Waals surface area contributed by atoms with Crippen molar-refractivity contribution in [3.05, 3.63) is 40.7 Å². The van der Waals surface area contributed by atoms with E-state index in [2.05, 4.69) is 18.4 Å². The molecule has 2 aliphatic rings. The number of piperidine rings is 1. The van der Waals surface area contributed by atoms with Crippen molar-refractivity contribution >= 4 is 17.5 Å². The van der Waals surface area contributed by atoms with Gasteiger partial charge in [-0.15, -0.1) is 0 Å². The molecule has 27 heavy (non-hydrogen) atoms. The predicted octanol–water partition coefficient (Wildman–Crippen LogP) is 5.05. The third kappa shape index (κ3) is 3.77. The van der Waals surface area contributed by atoms with Crippen molar-refractivity contribution < 1.29 is 4.79 Å². The predicted molar refractivity (Wildman–Crippen MR) is 109 cm³/mol. The molecular formula is C22H28ClN3O. The summed E-state index contributed by atoms with van der Waals surface area (Å²) in [5.41, 5.74) is 2.82. The SMILES string of the molecule is C[C@@H]1C[C@H](C)CN(C(=O)c2nc(-c3ccc(Cl)cc3)n3c2CCCCC3)C1. The summed E-state index contributed by atoms with van der Waals surface area (Å²) in [5, 5.41) is 0.717. The Morgan fingerprint density at radius 2 is 1.78 bits per heavy atom. The number of carbonyl (C=O) groups is 1. The molecule has 2 aromatic rings. The third-order valence-corrected chi connectivity index (χ3v) is 6.08. The van der Waals surface area contributed by atoms with Crippen LogP contribution in [0.25, 0.3) is 11.4 Å². The van der Waals surface area contributed by atoms with Gasteiger partial charge in [-0.3, -0.25) is 4.79 Å². The van der Waals surface area contributed by atoms with Crippen molar-refractivity contribution in [1.29, 1.82) is 0 Å². The second-order valence-electron chi connectivity index (χ2n) is 8.36. The van der Waals surface area contributed by atoms with E-state index < -0.39 is 0 Å². The molecule has 4 nitrogen and oxygen atoms in total. The van der Waals surface area contributed by atoms with Crippen molar-refractivity contribution in [1.82, 2.24) is 14.5 Å². The molecule has 0 bridgehead atoms. The molecule has 1 saturated heterocycles. The lowest BCUT2D eigenvalue weighted by Gasteiger charge is -2.34. The fraction of sp³-hybridized carbons (Fsp3) is 0.545. The first kappa shape index (κ1) is 18.5. The van der Waals surface area contributed by atoms with Gasteiger partial charge in [-0.1, -0.05) is 31.9 Å². The highest BCUT2D eigenvalue weighted by Crippen LogP contribution is 2.30. The summed E-state index contributed by atoms with van der Waals surface area (Å²) >= 11 is 6.07. The average Bonchev–Trinajstić information content (AvgIpc) is 2.82. The Hall–Kier alpha value is -1.81. The number of imidazole rings is 1. The highest BCUT2D eigenvalue weighted by Gasteiger charge is 2.31. The van der Waals surface area contributed by atoms with Gasteiger partial charge in [0.25, 0.3) is 5.91 Å². The maximum absolute atomic E-state index is 13.4. The van der Waals surface area contributed by atoms with Crippen molar-refractivity contribution in [2.24, 2.45) is 11.8 Å². The fourth-order valence-corrected chi connectivity index (χ4v) is 4.81. The highest BCUT2D eigenvalue weighted by molar-refractivity contribution is 6.30. The van der Waals surface area contributed by atoms with E-state index >= 15 is 0 Å². The molecule has 0 unspecified atom stereocenters. The van der Waals surface area contributed by atoms with Gasteiger partial charge in [0, 0.05) is 30.2 Å². The number of hydrogen-bond acceptors (Lipinski definition) is 2. The van der Waals surface area contributed by atoms with Crippen LogP contribution in [0.3, 0.4) is 0 Å². The van der Waals surface area contributed by atoms with Crippen LogP contribution in [0.1, 0.15) is 55.7 Å². The zero-order valence-corrected chi connectivity index (χ0v) is 17.0. The molecule has 4 rings (SSSR count). The van der Waals surface area contributed by atoms with E-state index in [4.69, 9.17) is 16.6 Å². The molecule has 1 aromatic heterocycles. The molecule has 3 heterocycles. The molecule has 0 N–H and O–H groups in total. The number of rotatable bonds is 2. The van der Waals surface area contributed by atoms with Crippen molar-refractivity contribution in [3.8, 4) is 11.4 Å². The fourth-order valence-electron chi connectivity index (χ4n) is 4.69. The molecular weight excluding hydrogens is 358 g/mol. The lowest BCUT2D eigenvalue weighted by Crippen LogP contribution is -2.43. The number of fused-ring (bicyclic) bond motifs is 1. The topological polar surface area (TPSA) is 38.1 Å². The second kappa shape index (κ2) is 7.67. The largest absolute Gasteiger partial charge is 0.337 e. The zero-order valence-electron chi connectivity index (χ0n) is 16.2. The van der Waals surface area contributed by atoms with Gasteiger partial charge in [0.15, 0.2) is 0 Å². The second-order valence-corrected chi connectivity index (χ2v) is 8.79. The standard InChI is InChI=1S/C22H28ClN3O/c1-15-12-16(2)14-25(13-15)22(27)20-19-6-4-3-5-11-26(19)21(24-20)17-7-9-18(23)10-8-17/h7-10,15-16H,3-6,11-14H2,1-2H3/t15-,16+. The Bertz CT molecular complexity index is 817. The van der Waals surface area contributed by atoms with Crippen LogP contribution in [0.15, 0.2) is 24.3 Å². The quantitative estimate of drug-likeness (QED) is 0.725. The number of likely N-dealkylation sites (tertiary alicyclic amines) is 1. The van der Waals surface area contributed by atoms with E-state index in [9.17, 15) is 4.79 Å². The van der Waals surface area contributed by atoms with Crippen molar-refractivity contribution in [3.63, 3.8) is 0 Å². The summed E-state index contributed by atoms with van der Waals surface area (Å²) in [6.07, 6.45) is 5.59. The van der Waals surface area contributed by atoms with Gasteiger partial charge in [0.05, 0.1) is 5.69 Å². The average molecular weight is 386 g/mol. The molecule has 0 aliphatic carbocycles. The monoisotopic (exact) mass is 385 g/mol. The summed E-state index contributed by atoms with van der Waals surface area (Å²) in [6, 6.07) is 7.79. The summed E-state index contributed by atoms with van der Waals surface area (Å²) in [4.78, 5) is 20.3. The van der Waals surface area contributed by atoms with Gasteiger partial charge >= 0.3 is 0 Å². The summed E-state index contributed by atoms with van der Waals surface area (Å²) < 4.78 is 2.28. The number of carbonyl (C=O) groups excluding carboxylic acids is 1. The molecule has 1 fully saturated rings. The van der Waals surface area contributed by atoms with E-state index in [0.717, 1.165) is 56.0 Å². The molecule has 1 amide bonds. The van der Waals surface area contributed by atoms with E-state index in [1.165, 1.54) is 12.8 Å². The first-order chi connectivity index (χ1) is 13.0. The lowest BCUT2D eigenvalue weighted by molar-refractivity contribution is 0.0616. The third-order valence-electron chi connectivity index (χ3n) is 5.83. The highest BCUT2D eigenvalue weighted by atomic mass is 35.5. The number of hydrogen-bond donors (Lipinski definition) is 0. The number of halogens is 1. The van der Waals surface area contributed by atoms with E-state index in [0.29, 0.717) is 22.6 Å². The molecule has 0 saturated carbocycles. The lowest BCUT2D eigenvalue weighted by atomic mass is 9.91. The van der Waals surface area contributed by atoms with Gasteiger partial charge < -0.3 is 9.47 Å². The molecule has 0 spiro atoms. The Morgan fingerprint density at radius 1 is 1.07 bits per heavy atom. The van der Waals surface area contributed by atoms with Gasteiger partial charge in [-0.05, 0) is 61.8 Å². The van der Waals surface area contributed by atoms with Crippen LogP contribution in [0.5, 0.6) is 0 Å². The van der Waals surface area contributed by atoms with Gasteiger partial charge in [-0.2, -0.15) is 0 Å². The van der Waals surface area contributed by atoms with Crippen LogP contribution in [0, 0.1) is 11.8 Å². The Balaban J connectivity index is 1.74. The van der Waals surface area contributed by atoms with Crippen LogP contribution in [-0.4, -0.2) is 33.4 Å². The smallest absolute Gasteiger partial charge is 0.274 e. The molecule has 1 aromatic carbocycles. The maximum Gasteiger partial charge on any atom is 0.274 e. The number of amides is 1. The Kier molecular flexibility index (Phi) is 5.27. The minimum absolute atomic E-state index is 0.110. The van der Waals surface area contributed by atoms with Gasteiger partial charge in [0.2, 0.25) is 0 Å². The first-order valence-corrected chi connectivity index (χ1v) is 10.6. The molecule has 5 heteroatoms. The number of benzene rings is 1. The number of nitrogens with zero attached hydrogens (tertiary/aromatic N) is 3. The zero-order chi connectivity index (χ0) is 19.0. The van der Waals surface area contributed by atoms with Crippen LogP contribution < -0.4 is 0 Å². The van der Waals surface area contributed by atoms with Crippen LogP contribution in [0.2, 0.25) is 5.02 Å². The van der Waals surface area contributed by atoms with Crippen molar-refractivity contribution in [2.75, 3.05) is 13.1 Å². The van der Waals surface area contributed by atoms with E-state index in [1.54, 1.807) is 0 Å². The van der Waals surface area contributed by atoms with Gasteiger partial charge in [0.1, 0.15) is 11.5 Å². The minimum Gasteiger partial charge on any atom is -0.337 e. The van der Waals surface area contributed by atoms with Crippen molar-refractivity contribution in [2.45, 2.75) is 52.5 Å². The Labute approximate surface area is 166 Å². The Morgan fingerprint density at radius 3 is 2.48 bits per heavy atom. The molecule has 0 radical (unpaired) electrons. The molecule has 144 valence electrons. The van der Waals surface area contributed by atoms with E-state index in [-0.39, 0.29) is 5.91 Å². The van der Waals surface area contributed by atoms with Gasteiger partial charge in [-0.25, -0.2) is 4.98 Å². The van der Waals surface area contributed by atoms with Crippen LogP contribution in [0.4, 0.5) is 0 Å². The van der Waals surface area contributed by atoms with Crippen LogP contribution in [-0.2, 0) is 13.0 Å². The summed E-state index contributed by atoms with van der Waals surface area (Å²) in [7, 11) is 0. The number of aromatic nitrogens is 2. The normalized spacial score (nSPS) is 23.0. The molecule has 2 aliphatic heterocycles. The van der Waals surface area contributed by atoms with Crippen LogP contribution >= 0.6 is 11.6 Å². The summed E-state index contributed by atoms with van der Waals surface area (Å²) in [5.74, 6) is 2.12. The minimum atomic E-state index is 0.110. The van der Waals surface area contributed by atoms with E-state index in [1.807, 2.05) is 29.2 Å².